The maximum absolute atomic E-state index is 14.2. The average Bonchev–Trinajstić information content (AvgIpc) is 3.28. The van der Waals surface area contributed by atoms with Gasteiger partial charge in [0.25, 0.3) is 0 Å². The van der Waals surface area contributed by atoms with Gasteiger partial charge in [-0.1, -0.05) is 49.4 Å². The molecule has 0 unspecified atom stereocenters. The Bertz CT molecular complexity index is 1250. The van der Waals surface area contributed by atoms with Gasteiger partial charge in [-0.25, -0.2) is 4.98 Å². The van der Waals surface area contributed by atoms with Crippen molar-refractivity contribution in [3.63, 3.8) is 0 Å². The van der Waals surface area contributed by atoms with Crippen molar-refractivity contribution in [1.29, 1.82) is 0 Å². The zero-order valence-corrected chi connectivity index (χ0v) is 20.9. The van der Waals surface area contributed by atoms with Gasteiger partial charge in [-0.15, -0.1) is 0 Å². The number of carbonyl (C=O) groups excluding carboxylic acids is 1. The third kappa shape index (κ3) is 5.57. The van der Waals surface area contributed by atoms with Crippen LogP contribution in [0.25, 0.3) is 0 Å². The molecule has 4 rings (SSSR count). The van der Waals surface area contributed by atoms with E-state index in [2.05, 4.69) is 10.3 Å². The van der Waals surface area contributed by atoms with Gasteiger partial charge in [0.1, 0.15) is 11.9 Å². The molecule has 2 aromatic carbocycles. The maximum Gasteiger partial charge on any atom is 0.435 e. The van der Waals surface area contributed by atoms with Crippen LogP contribution in [0.2, 0.25) is 0 Å². The highest BCUT2D eigenvalue weighted by Crippen LogP contribution is 2.43. The number of amides is 1. The summed E-state index contributed by atoms with van der Waals surface area (Å²) < 4.78 is 83.2. The summed E-state index contributed by atoms with van der Waals surface area (Å²) in [6, 6.07) is 11.7. The minimum atomic E-state index is -4.71. The van der Waals surface area contributed by atoms with Crippen LogP contribution in [0.4, 0.5) is 26.3 Å². The molecule has 2 atom stereocenters. The molecule has 0 radical (unpaired) electrons. The Morgan fingerprint density at radius 2 is 1.66 bits per heavy atom. The summed E-state index contributed by atoms with van der Waals surface area (Å²) in [6.45, 7) is 2.24. The number of hydrogen-bond acceptors (Lipinski definition) is 3. The zero-order chi connectivity index (χ0) is 27.7. The lowest BCUT2D eigenvalue weighted by atomic mass is 9.94. The second-order valence-corrected chi connectivity index (χ2v) is 9.18. The Morgan fingerprint density at radius 3 is 2.21 bits per heavy atom. The van der Waals surface area contributed by atoms with Crippen molar-refractivity contribution in [1.82, 2.24) is 19.8 Å². The highest BCUT2D eigenvalue weighted by molar-refractivity contribution is 5.83. The lowest BCUT2D eigenvalue weighted by Gasteiger charge is -2.42. The van der Waals surface area contributed by atoms with E-state index in [4.69, 9.17) is 0 Å². The number of nitrogens with zero attached hydrogens (tertiary/aromatic N) is 3. The summed E-state index contributed by atoms with van der Waals surface area (Å²) in [4.78, 5) is 18.8. The van der Waals surface area contributed by atoms with Crippen LogP contribution < -0.4 is 5.32 Å². The molecule has 2 heterocycles. The number of carbonyl (C=O) groups is 1. The van der Waals surface area contributed by atoms with Crippen LogP contribution in [-0.2, 0) is 36.5 Å². The first-order chi connectivity index (χ1) is 18.0. The molecule has 0 fully saturated rings. The minimum Gasteiger partial charge on any atom is -0.358 e. The van der Waals surface area contributed by atoms with Gasteiger partial charge in [-0.2, -0.15) is 26.3 Å². The Hall–Kier alpha value is -3.34. The summed E-state index contributed by atoms with van der Waals surface area (Å²) in [5.41, 5.74) is -0.620. The molecule has 38 heavy (non-hydrogen) atoms. The minimum absolute atomic E-state index is 0.0163. The van der Waals surface area contributed by atoms with Crippen LogP contribution in [0.3, 0.4) is 0 Å². The molecule has 204 valence electrons. The Morgan fingerprint density at radius 1 is 1.00 bits per heavy atom. The first kappa shape index (κ1) is 27.7. The number of fused-ring (bicyclic) bond motifs is 1. The topological polar surface area (TPSA) is 50.2 Å². The van der Waals surface area contributed by atoms with E-state index in [1.165, 1.54) is 19.2 Å². The molecule has 1 aliphatic rings. The first-order valence-corrected chi connectivity index (χ1v) is 12.3. The van der Waals surface area contributed by atoms with Crippen molar-refractivity contribution in [3.8, 4) is 0 Å². The van der Waals surface area contributed by atoms with E-state index < -0.39 is 35.7 Å². The smallest absolute Gasteiger partial charge is 0.358 e. The number of aromatic nitrogens is 2. The van der Waals surface area contributed by atoms with E-state index in [1.807, 2.05) is 0 Å². The number of halogens is 6. The molecule has 3 aromatic rings. The number of likely N-dealkylation sites (N-methyl/N-ethyl adjacent to an activating group) is 1. The predicted molar refractivity (Wildman–Crippen MR) is 129 cm³/mol. The highest BCUT2D eigenvalue weighted by Gasteiger charge is 2.46. The van der Waals surface area contributed by atoms with Gasteiger partial charge in [0, 0.05) is 26.6 Å². The fraction of sp³-hybridized carbons (Fsp3) is 0.407. The average molecular weight is 539 g/mol. The van der Waals surface area contributed by atoms with Crippen molar-refractivity contribution in [2.45, 2.75) is 57.2 Å². The van der Waals surface area contributed by atoms with Crippen molar-refractivity contribution in [2.24, 2.45) is 0 Å². The standard InChI is InChI=1S/C27H28F6N4O/c1-3-21-35-24(27(31,32)33)23-20(14-11-17-9-12-19(13-10-17)26(28,29)30)36(15-16-37(21)23)22(25(38)34-2)18-7-5-4-6-8-18/h4-10,12-13,20,22H,3,11,14-16H2,1-2H3,(H,34,38)/t20-,22-/m1/s1. The Kier molecular flexibility index (Phi) is 7.87. The van der Waals surface area contributed by atoms with E-state index in [-0.39, 0.29) is 37.5 Å². The highest BCUT2D eigenvalue weighted by atomic mass is 19.4. The van der Waals surface area contributed by atoms with Gasteiger partial charge < -0.3 is 9.88 Å². The fourth-order valence-electron chi connectivity index (χ4n) is 5.15. The summed E-state index contributed by atoms with van der Waals surface area (Å²) in [5, 5.41) is 2.63. The van der Waals surface area contributed by atoms with Crippen molar-refractivity contribution in [2.75, 3.05) is 13.6 Å². The zero-order valence-electron chi connectivity index (χ0n) is 20.9. The Balaban J connectivity index is 1.79. The predicted octanol–water partition coefficient (Wildman–Crippen LogP) is 5.96. The second kappa shape index (κ2) is 10.8. The first-order valence-electron chi connectivity index (χ1n) is 12.3. The normalized spacial score (nSPS) is 17.2. The van der Waals surface area contributed by atoms with E-state index in [9.17, 15) is 31.1 Å². The Labute approximate surface area is 216 Å². The molecular weight excluding hydrogens is 510 g/mol. The molecule has 5 nitrogen and oxygen atoms in total. The maximum atomic E-state index is 14.2. The molecule has 0 bridgehead atoms. The number of benzene rings is 2. The monoisotopic (exact) mass is 538 g/mol. The van der Waals surface area contributed by atoms with Crippen LogP contribution >= 0.6 is 0 Å². The third-order valence-corrected chi connectivity index (χ3v) is 6.90. The van der Waals surface area contributed by atoms with Gasteiger partial charge in [0.2, 0.25) is 5.91 Å². The second-order valence-electron chi connectivity index (χ2n) is 9.18. The number of nitrogens with one attached hydrogen (secondary N) is 1. The molecule has 1 aromatic heterocycles. The largest absolute Gasteiger partial charge is 0.435 e. The number of hydrogen-bond donors (Lipinski definition) is 1. The number of rotatable bonds is 7. The van der Waals surface area contributed by atoms with Crippen molar-refractivity contribution < 1.29 is 31.1 Å². The van der Waals surface area contributed by atoms with Crippen molar-refractivity contribution in [3.05, 3.63) is 88.5 Å². The molecule has 1 N–H and O–H groups in total. The van der Waals surface area contributed by atoms with E-state index >= 15 is 0 Å². The molecular formula is C27H28F6N4O. The molecule has 1 amide bonds. The number of alkyl halides is 6. The van der Waals surface area contributed by atoms with E-state index in [0.717, 1.165) is 12.1 Å². The molecule has 0 saturated carbocycles. The van der Waals surface area contributed by atoms with E-state index in [1.54, 1.807) is 46.7 Å². The van der Waals surface area contributed by atoms with Crippen LogP contribution in [0.15, 0.2) is 54.6 Å². The number of imidazole rings is 1. The molecule has 0 aliphatic carbocycles. The van der Waals surface area contributed by atoms with Crippen LogP contribution in [0.1, 0.15) is 59.3 Å². The third-order valence-electron chi connectivity index (χ3n) is 6.90. The summed E-state index contributed by atoms with van der Waals surface area (Å²) >= 11 is 0. The lowest BCUT2D eigenvalue weighted by molar-refractivity contribution is -0.143. The summed E-state index contributed by atoms with van der Waals surface area (Å²) in [5.74, 6) is -0.0596. The molecule has 11 heteroatoms. The van der Waals surface area contributed by atoms with E-state index in [0.29, 0.717) is 23.4 Å². The van der Waals surface area contributed by atoms with Gasteiger partial charge in [-0.3, -0.25) is 9.69 Å². The lowest BCUT2D eigenvalue weighted by Crippen LogP contribution is -2.46. The summed E-state index contributed by atoms with van der Waals surface area (Å²) in [7, 11) is 1.47. The quantitative estimate of drug-likeness (QED) is 0.378. The summed E-state index contributed by atoms with van der Waals surface area (Å²) in [6.07, 6.45) is -8.55. The molecule has 1 aliphatic heterocycles. The molecule has 0 saturated heterocycles. The van der Waals surface area contributed by atoms with Crippen LogP contribution in [0, 0.1) is 0 Å². The number of aryl methyl sites for hydroxylation is 2. The van der Waals surface area contributed by atoms with Gasteiger partial charge in [0.15, 0.2) is 5.69 Å². The van der Waals surface area contributed by atoms with Crippen LogP contribution in [-0.4, -0.2) is 34.0 Å². The van der Waals surface area contributed by atoms with Gasteiger partial charge in [-0.05, 0) is 36.1 Å². The molecule has 0 spiro atoms. The van der Waals surface area contributed by atoms with Crippen molar-refractivity contribution >= 4 is 5.91 Å². The SMILES string of the molecule is CCc1nc(C(F)(F)F)c2n1CCN([C@@H](C(=O)NC)c1ccccc1)[C@@H]2CCc1ccc(C(F)(F)F)cc1. The fourth-order valence-corrected chi connectivity index (χ4v) is 5.15. The van der Waals surface area contributed by atoms with Crippen LogP contribution in [0.5, 0.6) is 0 Å². The van der Waals surface area contributed by atoms with Gasteiger partial charge in [0.05, 0.1) is 17.3 Å². The van der Waals surface area contributed by atoms with Gasteiger partial charge >= 0.3 is 12.4 Å².